The molecule has 0 bridgehead atoms. The number of carboxylic acids is 1. The zero-order chi connectivity index (χ0) is 13.4. The van der Waals surface area contributed by atoms with Gasteiger partial charge in [0.25, 0.3) is 0 Å². The van der Waals surface area contributed by atoms with E-state index in [2.05, 4.69) is 4.98 Å². The Morgan fingerprint density at radius 3 is 2.58 bits per heavy atom. The second kappa shape index (κ2) is 4.20. The lowest BCUT2D eigenvalue weighted by molar-refractivity contribution is 0.0697. The Morgan fingerprint density at radius 2 is 1.89 bits per heavy atom. The van der Waals surface area contributed by atoms with Crippen LogP contribution < -0.4 is 0 Å². The maximum absolute atomic E-state index is 12.9. The van der Waals surface area contributed by atoms with Crippen LogP contribution in [0.3, 0.4) is 0 Å². The predicted molar refractivity (Wildman–Crippen MR) is 68.0 cm³/mol. The average Bonchev–Trinajstić information content (AvgIpc) is 2.82. The van der Waals surface area contributed by atoms with Crippen molar-refractivity contribution in [2.45, 2.75) is 0 Å². The maximum Gasteiger partial charge on any atom is 0.335 e. The number of aromatic carboxylic acids is 1. The summed E-state index contributed by atoms with van der Waals surface area (Å²) in [5.74, 6) is -1.29. The number of halogens is 1. The largest absolute Gasteiger partial charge is 0.478 e. The van der Waals surface area contributed by atoms with Gasteiger partial charge < -0.3 is 5.11 Å². The number of rotatable bonds is 2. The molecule has 0 unspecified atom stereocenters. The Hall–Kier alpha value is -2.69. The molecule has 3 rings (SSSR count). The lowest BCUT2D eigenvalue weighted by Gasteiger charge is -2.04. The zero-order valence-electron chi connectivity index (χ0n) is 9.75. The monoisotopic (exact) mass is 256 g/mol. The van der Waals surface area contributed by atoms with E-state index in [9.17, 15) is 9.18 Å². The van der Waals surface area contributed by atoms with Crippen molar-refractivity contribution in [3.8, 4) is 5.69 Å². The molecule has 1 heterocycles. The molecule has 0 saturated carbocycles. The number of hydrogen-bond donors (Lipinski definition) is 1. The Morgan fingerprint density at radius 1 is 1.16 bits per heavy atom. The predicted octanol–water partition coefficient (Wildman–Crippen LogP) is 2.86. The molecule has 0 radical (unpaired) electrons. The van der Waals surface area contributed by atoms with Gasteiger partial charge in [-0.1, -0.05) is 0 Å². The van der Waals surface area contributed by atoms with E-state index in [1.165, 1.54) is 24.3 Å². The van der Waals surface area contributed by atoms with Gasteiger partial charge in [0.2, 0.25) is 0 Å². The fourth-order valence-corrected chi connectivity index (χ4v) is 1.95. The third-order valence-corrected chi connectivity index (χ3v) is 2.90. The molecule has 1 N–H and O–H groups in total. The quantitative estimate of drug-likeness (QED) is 0.767. The molecule has 0 aliphatic heterocycles. The Kier molecular flexibility index (Phi) is 2.52. The highest BCUT2D eigenvalue weighted by molar-refractivity contribution is 5.92. The van der Waals surface area contributed by atoms with Gasteiger partial charge in [-0.15, -0.1) is 0 Å². The third kappa shape index (κ3) is 1.95. The van der Waals surface area contributed by atoms with Gasteiger partial charge in [0.05, 0.1) is 16.6 Å². The molecule has 3 aromatic rings. The summed E-state index contributed by atoms with van der Waals surface area (Å²) in [5.41, 5.74) is 2.32. The maximum atomic E-state index is 12.9. The molecule has 94 valence electrons. The first-order valence-electron chi connectivity index (χ1n) is 5.61. The summed E-state index contributed by atoms with van der Waals surface area (Å²) >= 11 is 0. The van der Waals surface area contributed by atoms with Crippen molar-refractivity contribution in [1.82, 2.24) is 9.55 Å². The molecule has 0 atom stereocenters. The molecule has 0 aliphatic carbocycles. The van der Waals surface area contributed by atoms with E-state index in [0.717, 1.165) is 11.2 Å². The molecule has 1 aromatic heterocycles. The van der Waals surface area contributed by atoms with Crippen LogP contribution in [0.5, 0.6) is 0 Å². The minimum Gasteiger partial charge on any atom is -0.478 e. The van der Waals surface area contributed by atoms with Crippen LogP contribution in [0.2, 0.25) is 0 Å². The third-order valence-electron chi connectivity index (χ3n) is 2.90. The van der Waals surface area contributed by atoms with Crippen LogP contribution >= 0.6 is 0 Å². The van der Waals surface area contributed by atoms with Crippen LogP contribution in [0.4, 0.5) is 4.39 Å². The molecular formula is C14H9FN2O2. The molecule has 0 amide bonds. The summed E-state index contributed by atoms with van der Waals surface area (Å²) in [5, 5.41) is 8.92. The van der Waals surface area contributed by atoms with E-state index in [4.69, 9.17) is 5.11 Å². The van der Waals surface area contributed by atoms with Crippen LogP contribution in [0.15, 0.2) is 48.8 Å². The van der Waals surface area contributed by atoms with Crippen molar-refractivity contribution >= 4 is 17.0 Å². The summed E-state index contributed by atoms with van der Waals surface area (Å²) in [6.07, 6.45) is 1.59. The van der Waals surface area contributed by atoms with Crippen molar-refractivity contribution < 1.29 is 14.3 Å². The smallest absolute Gasteiger partial charge is 0.335 e. The minimum atomic E-state index is -0.988. The van der Waals surface area contributed by atoms with Crippen molar-refractivity contribution in [2.75, 3.05) is 0 Å². The van der Waals surface area contributed by atoms with Gasteiger partial charge in [-0.25, -0.2) is 14.2 Å². The minimum absolute atomic E-state index is 0.192. The normalized spacial score (nSPS) is 10.8. The molecule has 0 aliphatic rings. The molecule has 0 saturated heterocycles. The lowest BCUT2D eigenvalue weighted by Crippen LogP contribution is -1.96. The first-order valence-corrected chi connectivity index (χ1v) is 5.61. The standard InChI is InChI=1S/C14H9FN2O2/c15-10-2-4-11(5-3-10)17-8-16-12-7-9(14(18)19)1-6-13(12)17/h1-8H,(H,18,19). The summed E-state index contributed by atoms with van der Waals surface area (Å²) in [6, 6.07) is 10.7. The lowest BCUT2D eigenvalue weighted by atomic mass is 10.2. The second-order valence-corrected chi connectivity index (χ2v) is 4.10. The molecule has 2 aromatic carbocycles. The van der Waals surface area contributed by atoms with Crippen molar-refractivity contribution in [3.63, 3.8) is 0 Å². The van der Waals surface area contributed by atoms with Crippen molar-refractivity contribution in [3.05, 3.63) is 60.2 Å². The zero-order valence-corrected chi connectivity index (χ0v) is 9.75. The van der Waals surface area contributed by atoms with Crippen LogP contribution in [0.25, 0.3) is 16.7 Å². The summed E-state index contributed by atoms with van der Waals surface area (Å²) in [4.78, 5) is 15.0. The van der Waals surface area contributed by atoms with Gasteiger partial charge in [-0.2, -0.15) is 0 Å². The highest BCUT2D eigenvalue weighted by atomic mass is 19.1. The van der Waals surface area contributed by atoms with Crippen LogP contribution in [-0.4, -0.2) is 20.6 Å². The SMILES string of the molecule is O=C(O)c1ccc2c(c1)ncn2-c1ccc(F)cc1. The number of fused-ring (bicyclic) bond motifs is 1. The molecule has 4 nitrogen and oxygen atoms in total. The fraction of sp³-hybridized carbons (Fsp3) is 0. The number of hydrogen-bond acceptors (Lipinski definition) is 2. The van der Waals surface area contributed by atoms with E-state index in [-0.39, 0.29) is 11.4 Å². The Labute approximate surface area is 107 Å². The van der Waals surface area contributed by atoms with E-state index in [1.54, 1.807) is 29.1 Å². The van der Waals surface area contributed by atoms with E-state index < -0.39 is 5.97 Å². The van der Waals surface area contributed by atoms with Crippen LogP contribution in [0.1, 0.15) is 10.4 Å². The Balaban J connectivity index is 2.15. The van der Waals surface area contributed by atoms with Crippen molar-refractivity contribution in [2.24, 2.45) is 0 Å². The average molecular weight is 256 g/mol. The van der Waals surface area contributed by atoms with Crippen LogP contribution in [0, 0.1) is 5.82 Å². The first-order chi connectivity index (χ1) is 9.15. The van der Waals surface area contributed by atoms with Gasteiger partial charge >= 0.3 is 5.97 Å². The van der Waals surface area contributed by atoms with Gasteiger partial charge in [0.1, 0.15) is 12.1 Å². The van der Waals surface area contributed by atoms with Gasteiger partial charge in [0.15, 0.2) is 0 Å². The second-order valence-electron chi connectivity index (χ2n) is 4.10. The summed E-state index contributed by atoms with van der Waals surface area (Å²) in [6.45, 7) is 0. The van der Waals surface area contributed by atoms with Crippen LogP contribution in [-0.2, 0) is 0 Å². The number of carbonyl (C=O) groups is 1. The van der Waals surface area contributed by atoms with E-state index >= 15 is 0 Å². The first kappa shape index (κ1) is 11.4. The summed E-state index contributed by atoms with van der Waals surface area (Å²) < 4.78 is 14.7. The summed E-state index contributed by atoms with van der Waals surface area (Å²) in [7, 11) is 0. The van der Waals surface area contributed by atoms with Gasteiger partial charge in [-0.3, -0.25) is 4.57 Å². The Bertz CT molecular complexity index is 763. The highest BCUT2D eigenvalue weighted by Crippen LogP contribution is 2.19. The fourth-order valence-electron chi connectivity index (χ4n) is 1.95. The van der Waals surface area contributed by atoms with Crippen molar-refractivity contribution in [1.29, 1.82) is 0 Å². The topological polar surface area (TPSA) is 55.1 Å². The number of nitrogens with zero attached hydrogens (tertiary/aromatic N) is 2. The number of carboxylic acid groups (broad SMARTS) is 1. The molecular weight excluding hydrogens is 247 g/mol. The van der Waals surface area contributed by atoms with E-state index in [1.807, 2.05) is 0 Å². The van der Waals surface area contributed by atoms with E-state index in [0.29, 0.717) is 5.52 Å². The molecule has 0 fully saturated rings. The highest BCUT2D eigenvalue weighted by Gasteiger charge is 2.08. The molecule has 5 heteroatoms. The molecule has 0 spiro atoms. The van der Waals surface area contributed by atoms with Gasteiger partial charge in [0, 0.05) is 5.69 Å². The molecule has 19 heavy (non-hydrogen) atoms. The number of benzene rings is 2. The number of imidazole rings is 1. The van der Waals surface area contributed by atoms with Gasteiger partial charge in [-0.05, 0) is 42.5 Å². The number of aromatic nitrogens is 2.